The van der Waals surface area contributed by atoms with Crippen LogP contribution in [0.15, 0.2) is 66.9 Å². The van der Waals surface area contributed by atoms with Crippen LogP contribution in [0.4, 0.5) is 10.1 Å². The summed E-state index contributed by atoms with van der Waals surface area (Å²) in [6.07, 6.45) is 8.88. The van der Waals surface area contributed by atoms with Crippen LogP contribution in [0.3, 0.4) is 0 Å². The van der Waals surface area contributed by atoms with Crippen LogP contribution >= 0.6 is 0 Å². The van der Waals surface area contributed by atoms with Crippen molar-refractivity contribution in [2.45, 2.75) is 26.2 Å². The molecule has 0 atom stereocenters. The third-order valence-corrected chi connectivity index (χ3v) is 4.68. The molecule has 0 fully saturated rings. The first-order valence-corrected chi connectivity index (χ1v) is 9.81. The fraction of sp³-hybridized carbons (Fsp3) is 0.250. The molecule has 0 spiro atoms. The van der Waals surface area contributed by atoms with Crippen LogP contribution < -0.4 is 9.64 Å². The van der Waals surface area contributed by atoms with Crippen molar-refractivity contribution in [1.82, 2.24) is 4.98 Å². The number of rotatable bonds is 8. The summed E-state index contributed by atoms with van der Waals surface area (Å²) in [7, 11) is 1.56. The molecule has 5 heteroatoms. The molecule has 1 amide bonds. The Kier molecular flexibility index (Phi) is 6.95. The van der Waals surface area contributed by atoms with Crippen molar-refractivity contribution in [2.24, 2.45) is 0 Å². The molecule has 0 radical (unpaired) electrons. The van der Waals surface area contributed by atoms with Crippen LogP contribution in [-0.2, 0) is 0 Å². The summed E-state index contributed by atoms with van der Waals surface area (Å²) in [6.45, 7) is 2.43. The zero-order chi connectivity index (χ0) is 20.6. The molecule has 3 aromatic rings. The Balaban J connectivity index is 1.74. The fourth-order valence-corrected chi connectivity index (χ4v) is 3.03. The minimum Gasteiger partial charge on any atom is -0.486 e. The molecular weight excluding hydrogens is 367 g/mol. The zero-order valence-electron chi connectivity index (χ0n) is 16.8. The minimum absolute atomic E-state index is 0.130. The molecule has 2 aromatic carbocycles. The molecule has 1 heterocycles. The highest BCUT2D eigenvalue weighted by Gasteiger charge is 2.19. The molecule has 0 saturated carbocycles. The van der Waals surface area contributed by atoms with Crippen molar-refractivity contribution in [1.29, 1.82) is 0 Å². The second kappa shape index (κ2) is 9.82. The average Bonchev–Trinajstić information content (AvgIpc) is 2.76. The number of hydrogen-bond acceptors (Lipinski definition) is 3. The van der Waals surface area contributed by atoms with Gasteiger partial charge < -0.3 is 9.64 Å². The molecule has 0 unspecified atom stereocenters. The smallest absolute Gasteiger partial charge is 0.258 e. The highest BCUT2D eigenvalue weighted by Crippen LogP contribution is 2.28. The number of aromatic nitrogens is 1. The standard InChI is InChI=1S/C24H25FN2O2/c1-3-4-5-6-7-16-29-22-12-8-11-21(23(22)25)27(2)24(28)19-13-14-20-18(17-19)10-9-15-26-20/h6-15,17H,3-5,16H2,1-2H3. The van der Waals surface area contributed by atoms with Crippen LogP contribution in [0.2, 0.25) is 0 Å². The molecule has 1 aromatic heterocycles. The lowest BCUT2D eigenvalue weighted by Crippen LogP contribution is -2.27. The predicted octanol–water partition coefficient (Wildman–Crippen LogP) is 5.78. The van der Waals surface area contributed by atoms with Crippen LogP contribution in [0.5, 0.6) is 5.75 Å². The van der Waals surface area contributed by atoms with E-state index < -0.39 is 5.82 Å². The summed E-state index contributed by atoms with van der Waals surface area (Å²) >= 11 is 0. The molecule has 0 aliphatic heterocycles. The third kappa shape index (κ3) is 4.99. The normalized spacial score (nSPS) is 11.1. The monoisotopic (exact) mass is 392 g/mol. The van der Waals surface area contributed by atoms with Gasteiger partial charge in [0.25, 0.3) is 5.91 Å². The largest absolute Gasteiger partial charge is 0.486 e. The van der Waals surface area contributed by atoms with E-state index in [0.29, 0.717) is 12.2 Å². The zero-order valence-corrected chi connectivity index (χ0v) is 16.8. The van der Waals surface area contributed by atoms with E-state index in [9.17, 15) is 9.18 Å². The summed E-state index contributed by atoms with van der Waals surface area (Å²) in [6, 6.07) is 13.8. The van der Waals surface area contributed by atoms with Gasteiger partial charge in [-0.1, -0.05) is 44.1 Å². The second-order valence-electron chi connectivity index (χ2n) is 6.79. The molecule has 0 N–H and O–H groups in total. The first-order chi connectivity index (χ1) is 14.1. The number of halogens is 1. The molecular formula is C24H25FN2O2. The first-order valence-electron chi connectivity index (χ1n) is 9.81. The molecule has 29 heavy (non-hydrogen) atoms. The van der Waals surface area contributed by atoms with E-state index in [0.717, 1.165) is 30.2 Å². The maximum atomic E-state index is 14.9. The second-order valence-corrected chi connectivity index (χ2v) is 6.79. The van der Waals surface area contributed by atoms with Crippen molar-refractivity contribution in [3.05, 3.63) is 78.3 Å². The Morgan fingerprint density at radius 3 is 2.86 bits per heavy atom. The van der Waals surface area contributed by atoms with Crippen LogP contribution in [0.25, 0.3) is 10.9 Å². The number of nitrogens with zero attached hydrogens (tertiary/aromatic N) is 2. The number of carbonyl (C=O) groups is 1. The van der Waals surface area contributed by atoms with Crippen molar-refractivity contribution in [3.63, 3.8) is 0 Å². The number of amides is 1. The van der Waals surface area contributed by atoms with Gasteiger partial charge in [0.1, 0.15) is 6.61 Å². The topological polar surface area (TPSA) is 42.4 Å². The summed E-state index contributed by atoms with van der Waals surface area (Å²) in [5.74, 6) is -0.718. The van der Waals surface area contributed by atoms with Crippen molar-refractivity contribution >= 4 is 22.5 Å². The number of carbonyl (C=O) groups excluding carboxylic acids is 1. The minimum atomic E-state index is -0.548. The van der Waals surface area contributed by atoms with Gasteiger partial charge in [-0.15, -0.1) is 0 Å². The SMILES string of the molecule is CCCCC=CCOc1cccc(N(C)C(=O)c2ccc3ncccc3c2)c1F. The molecule has 150 valence electrons. The Bertz CT molecular complexity index is 1020. The summed E-state index contributed by atoms with van der Waals surface area (Å²) in [5, 5.41) is 0.860. The van der Waals surface area contributed by atoms with Gasteiger partial charge in [0.05, 0.1) is 11.2 Å². The number of benzene rings is 2. The van der Waals surface area contributed by atoms with Gasteiger partial charge in [0.2, 0.25) is 0 Å². The summed E-state index contributed by atoms with van der Waals surface area (Å²) in [5.41, 5.74) is 1.45. The van der Waals surface area contributed by atoms with Gasteiger partial charge in [-0.2, -0.15) is 0 Å². The number of hydrogen-bond donors (Lipinski definition) is 0. The summed E-state index contributed by atoms with van der Waals surface area (Å²) in [4.78, 5) is 18.5. The van der Waals surface area contributed by atoms with E-state index in [1.54, 1.807) is 49.6 Å². The number of pyridine rings is 1. The van der Waals surface area contributed by atoms with Crippen LogP contribution in [0.1, 0.15) is 36.5 Å². The lowest BCUT2D eigenvalue weighted by molar-refractivity contribution is 0.0992. The van der Waals surface area contributed by atoms with Crippen LogP contribution in [0, 0.1) is 5.82 Å². The van der Waals surface area contributed by atoms with E-state index >= 15 is 0 Å². The van der Waals surface area contributed by atoms with E-state index in [4.69, 9.17) is 4.74 Å². The highest BCUT2D eigenvalue weighted by atomic mass is 19.1. The molecule has 3 rings (SSSR count). The van der Waals surface area contributed by atoms with E-state index in [1.165, 1.54) is 4.90 Å². The van der Waals surface area contributed by atoms with E-state index in [2.05, 4.69) is 11.9 Å². The number of allylic oxidation sites excluding steroid dienone is 1. The summed E-state index contributed by atoms with van der Waals surface area (Å²) < 4.78 is 20.5. The Labute approximate surface area is 170 Å². The molecule has 0 bridgehead atoms. The number of anilines is 1. The van der Waals surface area contributed by atoms with Gasteiger partial charge in [-0.25, -0.2) is 4.39 Å². The molecule has 4 nitrogen and oxygen atoms in total. The lowest BCUT2D eigenvalue weighted by Gasteiger charge is -2.19. The van der Waals surface area contributed by atoms with E-state index in [-0.39, 0.29) is 17.3 Å². The number of unbranched alkanes of at least 4 members (excludes halogenated alkanes) is 2. The predicted molar refractivity (Wildman–Crippen MR) is 115 cm³/mol. The van der Waals surface area contributed by atoms with Gasteiger partial charge in [-0.3, -0.25) is 9.78 Å². The van der Waals surface area contributed by atoms with Gasteiger partial charge in [0.15, 0.2) is 11.6 Å². The van der Waals surface area contributed by atoms with Gasteiger partial charge in [0, 0.05) is 24.2 Å². The van der Waals surface area contributed by atoms with Gasteiger partial charge in [-0.05, 0) is 42.8 Å². The highest BCUT2D eigenvalue weighted by molar-refractivity contribution is 6.07. The maximum absolute atomic E-state index is 14.9. The molecule has 0 aliphatic rings. The molecule has 0 aliphatic carbocycles. The quantitative estimate of drug-likeness (QED) is 0.361. The van der Waals surface area contributed by atoms with Crippen molar-refractivity contribution in [3.8, 4) is 5.75 Å². The maximum Gasteiger partial charge on any atom is 0.258 e. The molecule has 0 saturated heterocycles. The number of ether oxygens (including phenoxy) is 1. The Hall–Kier alpha value is -3.21. The van der Waals surface area contributed by atoms with Crippen molar-refractivity contribution in [2.75, 3.05) is 18.6 Å². The third-order valence-electron chi connectivity index (χ3n) is 4.68. The number of fused-ring (bicyclic) bond motifs is 1. The fourth-order valence-electron chi connectivity index (χ4n) is 3.03. The van der Waals surface area contributed by atoms with E-state index in [1.807, 2.05) is 24.3 Å². The van der Waals surface area contributed by atoms with Crippen LogP contribution in [-0.4, -0.2) is 24.5 Å². The Morgan fingerprint density at radius 1 is 1.17 bits per heavy atom. The average molecular weight is 392 g/mol. The lowest BCUT2D eigenvalue weighted by atomic mass is 10.1. The Morgan fingerprint density at radius 2 is 2.03 bits per heavy atom. The van der Waals surface area contributed by atoms with Crippen molar-refractivity contribution < 1.29 is 13.9 Å². The first kappa shape index (κ1) is 20.5. The van der Waals surface area contributed by atoms with Gasteiger partial charge >= 0.3 is 0 Å².